The Morgan fingerprint density at radius 3 is 2.88 bits per heavy atom. The Labute approximate surface area is 144 Å². The zero-order valence-corrected chi connectivity index (χ0v) is 13.8. The van der Waals surface area contributed by atoms with Crippen LogP contribution in [0.2, 0.25) is 0 Å². The third-order valence-corrected chi connectivity index (χ3v) is 4.64. The molecule has 0 aromatic carbocycles. The average molecular weight is 347 g/mol. The molecule has 1 saturated heterocycles. The Hall–Kier alpha value is -2.71. The van der Waals surface area contributed by atoms with E-state index in [1.807, 2.05) is 0 Å². The summed E-state index contributed by atoms with van der Waals surface area (Å²) in [7, 11) is 0. The second-order valence-electron chi connectivity index (χ2n) is 6.31. The smallest absolute Gasteiger partial charge is 0.324 e. The number of urea groups is 1. The lowest BCUT2D eigenvalue weighted by Gasteiger charge is -2.39. The van der Waals surface area contributed by atoms with Crippen molar-refractivity contribution in [3.8, 4) is 0 Å². The fourth-order valence-electron chi connectivity index (χ4n) is 3.34. The van der Waals surface area contributed by atoms with Crippen LogP contribution in [0.15, 0.2) is 23.1 Å². The maximum absolute atomic E-state index is 12.5. The number of nitrogens with zero attached hydrogens (tertiary/aromatic N) is 3. The van der Waals surface area contributed by atoms with Crippen LogP contribution in [-0.2, 0) is 16.1 Å². The number of rotatable bonds is 5. The van der Waals surface area contributed by atoms with E-state index in [9.17, 15) is 19.2 Å². The largest absolute Gasteiger partial charge is 0.353 e. The molecule has 1 aliphatic heterocycles. The maximum atomic E-state index is 12.5. The van der Waals surface area contributed by atoms with Crippen LogP contribution in [-0.4, -0.2) is 51.7 Å². The molecule has 2 unspecified atom stereocenters. The van der Waals surface area contributed by atoms with Crippen LogP contribution < -0.4 is 16.2 Å². The summed E-state index contributed by atoms with van der Waals surface area (Å²) in [5.41, 5.74) is -0.259. The van der Waals surface area contributed by atoms with Crippen molar-refractivity contribution in [1.29, 1.82) is 0 Å². The molecule has 1 saturated carbocycles. The molecule has 1 aromatic rings. The molecule has 134 valence electrons. The first-order valence-corrected chi connectivity index (χ1v) is 8.47. The first kappa shape index (κ1) is 17.1. The minimum Gasteiger partial charge on any atom is -0.353 e. The summed E-state index contributed by atoms with van der Waals surface area (Å²) in [5.74, 6) is -0.947. The van der Waals surface area contributed by atoms with Gasteiger partial charge in [-0.15, -0.1) is 0 Å². The molecule has 3 rings (SSSR count). The van der Waals surface area contributed by atoms with Crippen molar-refractivity contribution in [3.05, 3.63) is 28.7 Å². The molecule has 25 heavy (non-hydrogen) atoms. The summed E-state index contributed by atoms with van der Waals surface area (Å²) in [5, 5.41) is 9.31. The van der Waals surface area contributed by atoms with Crippen molar-refractivity contribution in [3.63, 3.8) is 0 Å². The molecular formula is C16H21N5O4. The van der Waals surface area contributed by atoms with Gasteiger partial charge in [-0.05, 0) is 18.9 Å². The van der Waals surface area contributed by atoms with Gasteiger partial charge in [0.2, 0.25) is 11.8 Å². The molecular weight excluding hydrogens is 326 g/mol. The number of hydrogen-bond donors (Lipinski definition) is 2. The van der Waals surface area contributed by atoms with Gasteiger partial charge in [0.25, 0.3) is 5.56 Å². The molecule has 1 aliphatic carbocycles. The fourth-order valence-corrected chi connectivity index (χ4v) is 3.34. The quantitative estimate of drug-likeness (QED) is 0.743. The molecule has 2 atom stereocenters. The maximum Gasteiger partial charge on any atom is 0.324 e. The molecule has 0 bridgehead atoms. The van der Waals surface area contributed by atoms with E-state index in [1.165, 1.54) is 23.0 Å². The summed E-state index contributed by atoms with van der Waals surface area (Å²) in [6, 6.07) is 2.30. The van der Waals surface area contributed by atoms with Gasteiger partial charge >= 0.3 is 6.03 Å². The van der Waals surface area contributed by atoms with E-state index in [0.717, 1.165) is 30.6 Å². The highest BCUT2D eigenvalue weighted by Gasteiger charge is 2.42. The monoisotopic (exact) mass is 347 g/mol. The van der Waals surface area contributed by atoms with Gasteiger partial charge in [-0.3, -0.25) is 19.3 Å². The summed E-state index contributed by atoms with van der Waals surface area (Å²) in [6.07, 6.45) is 5.00. The standard InChI is InChI=1S/C16H21N5O4/c22-13(17-8-9-21-14(23)6-3-7-18-21)10-20-15(24)11-4-1-2-5-12(11)19-16(20)25/h3,6-7,11-12H,1-2,4-5,8-10H2,(H,17,22)(H,19,25). The number of amides is 4. The molecule has 2 heterocycles. The second-order valence-corrected chi connectivity index (χ2v) is 6.31. The molecule has 0 radical (unpaired) electrons. The van der Waals surface area contributed by atoms with Gasteiger partial charge < -0.3 is 10.6 Å². The predicted molar refractivity (Wildman–Crippen MR) is 87.5 cm³/mol. The van der Waals surface area contributed by atoms with E-state index in [2.05, 4.69) is 15.7 Å². The third kappa shape index (κ3) is 3.86. The van der Waals surface area contributed by atoms with Crippen molar-refractivity contribution in [2.24, 2.45) is 5.92 Å². The lowest BCUT2D eigenvalue weighted by Crippen LogP contribution is -2.62. The van der Waals surface area contributed by atoms with Gasteiger partial charge in [-0.2, -0.15) is 5.10 Å². The van der Waals surface area contributed by atoms with Crippen LogP contribution in [0.4, 0.5) is 4.79 Å². The minimum absolute atomic E-state index is 0.107. The van der Waals surface area contributed by atoms with Gasteiger partial charge in [-0.1, -0.05) is 12.8 Å². The molecule has 9 nitrogen and oxygen atoms in total. The lowest BCUT2D eigenvalue weighted by atomic mass is 9.82. The first-order chi connectivity index (χ1) is 12.1. The highest BCUT2D eigenvalue weighted by Crippen LogP contribution is 2.29. The minimum atomic E-state index is -0.510. The van der Waals surface area contributed by atoms with Crippen LogP contribution in [0.1, 0.15) is 25.7 Å². The number of imide groups is 1. The molecule has 2 aliphatic rings. The topological polar surface area (TPSA) is 113 Å². The third-order valence-electron chi connectivity index (χ3n) is 4.64. The van der Waals surface area contributed by atoms with Gasteiger partial charge in [0.05, 0.1) is 12.5 Å². The van der Waals surface area contributed by atoms with E-state index >= 15 is 0 Å². The second kappa shape index (κ2) is 7.45. The normalized spacial score (nSPS) is 23.0. The van der Waals surface area contributed by atoms with Crippen molar-refractivity contribution >= 4 is 17.8 Å². The Morgan fingerprint density at radius 1 is 1.28 bits per heavy atom. The van der Waals surface area contributed by atoms with E-state index in [4.69, 9.17) is 0 Å². The molecule has 2 N–H and O–H groups in total. The number of aromatic nitrogens is 2. The molecule has 4 amide bonds. The summed E-state index contributed by atoms with van der Waals surface area (Å²) < 4.78 is 1.23. The predicted octanol–water partition coefficient (Wildman–Crippen LogP) is -0.530. The first-order valence-electron chi connectivity index (χ1n) is 8.47. The van der Waals surface area contributed by atoms with E-state index in [1.54, 1.807) is 0 Å². The van der Waals surface area contributed by atoms with E-state index in [0.29, 0.717) is 0 Å². The average Bonchev–Trinajstić information content (AvgIpc) is 2.60. The van der Waals surface area contributed by atoms with Crippen molar-refractivity contribution < 1.29 is 14.4 Å². The SMILES string of the molecule is O=C(CN1C(=O)NC2CCCCC2C1=O)NCCn1ncccc1=O. The Kier molecular flexibility index (Phi) is 5.11. The zero-order valence-electron chi connectivity index (χ0n) is 13.8. The molecule has 9 heteroatoms. The molecule has 0 spiro atoms. The van der Waals surface area contributed by atoms with Gasteiger partial charge in [0, 0.05) is 24.8 Å². The number of carbonyl (C=O) groups excluding carboxylic acids is 3. The highest BCUT2D eigenvalue weighted by atomic mass is 16.2. The van der Waals surface area contributed by atoms with Crippen molar-refractivity contribution in [1.82, 2.24) is 25.3 Å². The highest BCUT2D eigenvalue weighted by molar-refractivity contribution is 6.01. The molecule has 2 fully saturated rings. The summed E-state index contributed by atoms with van der Waals surface area (Å²) in [6.45, 7) is 0.0900. The number of nitrogens with one attached hydrogen (secondary N) is 2. The van der Waals surface area contributed by atoms with Gasteiger partial charge in [0.1, 0.15) is 6.54 Å². The van der Waals surface area contributed by atoms with Crippen LogP contribution in [0, 0.1) is 5.92 Å². The number of fused-ring (bicyclic) bond motifs is 1. The van der Waals surface area contributed by atoms with Crippen molar-refractivity contribution in [2.75, 3.05) is 13.1 Å². The summed E-state index contributed by atoms with van der Waals surface area (Å²) in [4.78, 5) is 49.1. The lowest BCUT2D eigenvalue weighted by molar-refractivity contribution is -0.139. The summed E-state index contributed by atoms with van der Waals surface area (Å²) >= 11 is 0. The van der Waals surface area contributed by atoms with Crippen LogP contribution >= 0.6 is 0 Å². The van der Waals surface area contributed by atoms with Crippen molar-refractivity contribution in [2.45, 2.75) is 38.3 Å². The number of hydrogen-bond acceptors (Lipinski definition) is 5. The fraction of sp³-hybridized carbons (Fsp3) is 0.562. The van der Waals surface area contributed by atoms with Crippen LogP contribution in [0.25, 0.3) is 0 Å². The van der Waals surface area contributed by atoms with Crippen LogP contribution in [0.5, 0.6) is 0 Å². The van der Waals surface area contributed by atoms with E-state index in [-0.39, 0.29) is 43.1 Å². The Balaban J connectivity index is 1.52. The molecule has 1 aromatic heterocycles. The Bertz CT molecular complexity index is 731. The Morgan fingerprint density at radius 2 is 2.08 bits per heavy atom. The van der Waals surface area contributed by atoms with Gasteiger partial charge in [-0.25, -0.2) is 9.48 Å². The van der Waals surface area contributed by atoms with Crippen LogP contribution in [0.3, 0.4) is 0 Å². The van der Waals surface area contributed by atoms with Gasteiger partial charge in [0.15, 0.2) is 0 Å². The van der Waals surface area contributed by atoms with E-state index < -0.39 is 11.9 Å². The number of carbonyl (C=O) groups is 3. The zero-order chi connectivity index (χ0) is 17.8.